The highest BCUT2D eigenvalue weighted by molar-refractivity contribution is 8.18. The normalized spacial score (nSPS) is 14.1. The SMILES string of the molecule is COc1ccc(/C=C2\SC(=O)N(CC(=O)Oc3ccc(/C=N/NC(=O)c4ccccc4O)cc3)C2=O)cc1OC. The van der Waals surface area contributed by atoms with Crippen LogP contribution < -0.4 is 19.6 Å². The molecule has 0 radical (unpaired) electrons. The third-order valence-corrected chi connectivity index (χ3v) is 6.41. The third-order valence-electron chi connectivity index (χ3n) is 5.51. The number of carbonyl (C=O) groups is 4. The monoisotopic (exact) mass is 561 g/mol. The number of carbonyl (C=O) groups excluding carboxylic acids is 4. The van der Waals surface area contributed by atoms with E-state index in [-0.39, 0.29) is 22.0 Å². The summed E-state index contributed by atoms with van der Waals surface area (Å²) in [6.45, 7) is -0.560. The van der Waals surface area contributed by atoms with Crippen LogP contribution in [-0.4, -0.2) is 60.0 Å². The molecule has 11 nitrogen and oxygen atoms in total. The second-order valence-electron chi connectivity index (χ2n) is 8.14. The van der Waals surface area contributed by atoms with Crippen molar-refractivity contribution in [2.75, 3.05) is 20.8 Å². The predicted octanol–water partition coefficient (Wildman–Crippen LogP) is 3.82. The minimum atomic E-state index is -0.800. The minimum Gasteiger partial charge on any atom is -0.507 e. The van der Waals surface area contributed by atoms with Gasteiger partial charge in [-0.2, -0.15) is 5.10 Å². The van der Waals surface area contributed by atoms with Gasteiger partial charge in [-0.3, -0.25) is 19.3 Å². The average Bonchev–Trinajstić information content (AvgIpc) is 3.21. The quantitative estimate of drug-likeness (QED) is 0.131. The van der Waals surface area contributed by atoms with Crippen LogP contribution in [0.2, 0.25) is 0 Å². The standard InChI is InChI=1S/C28H23N3O8S/c1-37-22-12-9-18(13-23(22)38-2)14-24-27(35)31(28(36)40-24)16-25(33)39-19-10-7-17(8-11-19)15-29-30-26(34)20-5-3-4-6-21(20)32/h3-15,32H,16H2,1-2H3,(H,30,34)/b24-14-,29-15+. The Hall–Kier alpha value is -5.10. The van der Waals surface area contributed by atoms with Crippen LogP contribution in [-0.2, 0) is 9.59 Å². The van der Waals surface area contributed by atoms with E-state index >= 15 is 0 Å². The van der Waals surface area contributed by atoms with E-state index in [1.165, 1.54) is 50.8 Å². The zero-order valence-electron chi connectivity index (χ0n) is 21.3. The number of ether oxygens (including phenoxy) is 3. The van der Waals surface area contributed by atoms with E-state index in [4.69, 9.17) is 14.2 Å². The number of phenolic OH excluding ortho intramolecular Hbond substituents is 1. The molecule has 0 aromatic heterocycles. The summed E-state index contributed by atoms with van der Waals surface area (Å²) in [5, 5.41) is 13.0. The summed E-state index contributed by atoms with van der Waals surface area (Å²) in [5.74, 6) is -0.980. The van der Waals surface area contributed by atoms with Crippen molar-refractivity contribution in [2.45, 2.75) is 0 Å². The molecule has 3 amide bonds. The molecule has 1 fully saturated rings. The topological polar surface area (TPSA) is 144 Å². The van der Waals surface area contributed by atoms with Gasteiger partial charge in [0.05, 0.1) is 30.9 Å². The maximum absolute atomic E-state index is 12.8. The molecule has 3 aromatic rings. The number of methoxy groups -OCH3 is 2. The van der Waals surface area contributed by atoms with Crippen molar-refractivity contribution in [1.82, 2.24) is 10.3 Å². The number of hydrazone groups is 1. The Balaban J connectivity index is 1.32. The molecule has 40 heavy (non-hydrogen) atoms. The van der Waals surface area contributed by atoms with Gasteiger partial charge in [0, 0.05) is 0 Å². The Morgan fingerprint density at radius 1 is 0.975 bits per heavy atom. The van der Waals surface area contributed by atoms with Crippen molar-refractivity contribution in [3.05, 3.63) is 88.3 Å². The molecule has 0 aliphatic carbocycles. The van der Waals surface area contributed by atoms with Crippen molar-refractivity contribution >= 4 is 47.1 Å². The number of hydrogen-bond donors (Lipinski definition) is 2. The lowest BCUT2D eigenvalue weighted by molar-refractivity contribution is -0.138. The molecule has 2 N–H and O–H groups in total. The number of benzene rings is 3. The lowest BCUT2D eigenvalue weighted by Gasteiger charge is -2.11. The van der Waals surface area contributed by atoms with E-state index in [0.717, 1.165) is 16.7 Å². The number of nitrogens with zero attached hydrogens (tertiary/aromatic N) is 2. The van der Waals surface area contributed by atoms with Crippen LogP contribution in [0.1, 0.15) is 21.5 Å². The van der Waals surface area contributed by atoms with Gasteiger partial charge in [0.25, 0.3) is 17.1 Å². The molecule has 1 aliphatic rings. The number of nitrogens with one attached hydrogen (secondary N) is 1. The first-order valence-corrected chi connectivity index (χ1v) is 12.5. The number of hydrogen-bond acceptors (Lipinski definition) is 10. The lowest BCUT2D eigenvalue weighted by Crippen LogP contribution is -2.35. The highest BCUT2D eigenvalue weighted by Gasteiger charge is 2.36. The third kappa shape index (κ3) is 6.66. The van der Waals surface area contributed by atoms with Crippen molar-refractivity contribution in [2.24, 2.45) is 5.10 Å². The molecule has 1 saturated heterocycles. The Bertz CT molecular complexity index is 1520. The van der Waals surface area contributed by atoms with E-state index in [1.807, 2.05) is 0 Å². The smallest absolute Gasteiger partial charge is 0.331 e. The molecule has 4 rings (SSSR count). The maximum atomic E-state index is 12.8. The summed E-state index contributed by atoms with van der Waals surface area (Å²) in [6.07, 6.45) is 2.90. The Morgan fingerprint density at radius 3 is 2.38 bits per heavy atom. The molecule has 1 aliphatic heterocycles. The van der Waals surface area contributed by atoms with Crippen molar-refractivity contribution in [1.29, 1.82) is 0 Å². The van der Waals surface area contributed by atoms with Crippen LogP contribution in [0.5, 0.6) is 23.0 Å². The molecule has 0 spiro atoms. The molecule has 0 bridgehead atoms. The number of phenols is 1. The van der Waals surface area contributed by atoms with Crippen LogP contribution in [0.3, 0.4) is 0 Å². The van der Waals surface area contributed by atoms with Crippen LogP contribution in [0.15, 0.2) is 76.7 Å². The molecule has 0 atom stereocenters. The largest absolute Gasteiger partial charge is 0.507 e. The molecule has 204 valence electrons. The van der Waals surface area contributed by atoms with Gasteiger partial charge >= 0.3 is 5.97 Å². The van der Waals surface area contributed by atoms with Crippen molar-refractivity contribution < 1.29 is 38.5 Å². The summed E-state index contributed by atoms with van der Waals surface area (Å²) in [7, 11) is 3.00. The van der Waals surface area contributed by atoms with Crippen molar-refractivity contribution in [3.63, 3.8) is 0 Å². The minimum absolute atomic E-state index is 0.0823. The van der Waals surface area contributed by atoms with Gasteiger partial charge in [0.1, 0.15) is 18.0 Å². The fraction of sp³-hybridized carbons (Fsp3) is 0.107. The van der Waals surface area contributed by atoms with E-state index in [9.17, 15) is 24.3 Å². The van der Waals surface area contributed by atoms with E-state index in [1.54, 1.807) is 42.5 Å². The molecule has 12 heteroatoms. The highest BCUT2D eigenvalue weighted by atomic mass is 32.2. The molecule has 1 heterocycles. The molecule has 0 unspecified atom stereocenters. The second kappa shape index (κ2) is 12.6. The van der Waals surface area contributed by atoms with Crippen LogP contribution >= 0.6 is 11.8 Å². The first-order chi connectivity index (χ1) is 19.3. The summed E-state index contributed by atoms with van der Waals surface area (Å²) in [5.41, 5.74) is 3.60. The molecule has 3 aromatic carbocycles. The Labute approximate surface area is 233 Å². The van der Waals surface area contributed by atoms with Crippen LogP contribution in [0.4, 0.5) is 4.79 Å². The Morgan fingerprint density at radius 2 is 1.68 bits per heavy atom. The Kier molecular flexibility index (Phi) is 8.82. The van der Waals surface area contributed by atoms with E-state index in [0.29, 0.717) is 22.6 Å². The van der Waals surface area contributed by atoms with Gasteiger partial charge in [-0.05, 0) is 77.5 Å². The second-order valence-corrected chi connectivity index (χ2v) is 9.13. The van der Waals surface area contributed by atoms with Gasteiger partial charge in [-0.1, -0.05) is 18.2 Å². The zero-order valence-corrected chi connectivity index (χ0v) is 22.1. The summed E-state index contributed by atoms with van der Waals surface area (Å²) in [6, 6.07) is 17.3. The first kappa shape index (κ1) is 27.9. The number of rotatable bonds is 9. The van der Waals surface area contributed by atoms with Gasteiger partial charge in [0.15, 0.2) is 11.5 Å². The fourth-order valence-electron chi connectivity index (χ4n) is 3.54. The lowest BCUT2D eigenvalue weighted by atomic mass is 10.2. The van der Waals surface area contributed by atoms with Gasteiger partial charge in [0.2, 0.25) is 0 Å². The van der Waals surface area contributed by atoms with E-state index < -0.39 is 29.6 Å². The highest BCUT2D eigenvalue weighted by Crippen LogP contribution is 2.34. The molecule has 0 saturated carbocycles. The van der Waals surface area contributed by atoms with E-state index in [2.05, 4.69) is 10.5 Å². The first-order valence-electron chi connectivity index (χ1n) is 11.7. The van der Waals surface area contributed by atoms with Gasteiger partial charge < -0.3 is 19.3 Å². The summed E-state index contributed by atoms with van der Waals surface area (Å²) < 4.78 is 15.7. The zero-order chi connectivity index (χ0) is 28.6. The number of amides is 3. The van der Waals surface area contributed by atoms with Crippen LogP contribution in [0.25, 0.3) is 6.08 Å². The van der Waals surface area contributed by atoms with Crippen molar-refractivity contribution in [3.8, 4) is 23.0 Å². The molecular weight excluding hydrogens is 538 g/mol. The molecular formula is C28H23N3O8S. The van der Waals surface area contributed by atoms with Crippen LogP contribution in [0, 0.1) is 0 Å². The number of aromatic hydroxyl groups is 1. The average molecular weight is 562 g/mol. The van der Waals surface area contributed by atoms with Gasteiger partial charge in [-0.25, -0.2) is 10.2 Å². The number of imide groups is 1. The van der Waals surface area contributed by atoms with Gasteiger partial charge in [-0.15, -0.1) is 0 Å². The number of esters is 1. The maximum Gasteiger partial charge on any atom is 0.331 e. The predicted molar refractivity (Wildman–Crippen MR) is 147 cm³/mol. The number of thioether (sulfide) groups is 1. The summed E-state index contributed by atoms with van der Waals surface area (Å²) >= 11 is 0.719. The fourth-order valence-corrected chi connectivity index (χ4v) is 4.37. The number of para-hydroxylation sites is 1. The summed E-state index contributed by atoms with van der Waals surface area (Å²) in [4.78, 5) is 50.7.